The van der Waals surface area contributed by atoms with E-state index in [1.54, 1.807) is 5.38 Å². The molecule has 0 unspecified atom stereocenters. The number of hydrogen-bond donors (Lipinski definition) is 2. The molecule has 7 heteroatoms. The molecule has 1 aromatic heterocycles. The number of ether oxygens (including phenoxy) is 1. The standard InChI is InChI=1S/C19H22N2O4S/c1-11(2)25-13-8-6-12(7-9-13)18-21-16(10-26-18)17(22)20-15-5-3-4-14(15)19(23)24/h6-11,14-15H,3-5H2,1-2H3,(H,20,22)(H,23,24)/t14-,15+/m0/s1. The summed E-state index contributed by atoms with van der Waals surface area (Å²) in [6.45, 7) is 3.94. The van der Waals surface area contributed by atoms with E-state index in [0.29, 0.717) is 18.5 Å². The van der Waals surface area contributed by atoms with Gasteiger partial charge in [-0.05, 0) is 51.0 Å². The number of rotatable bonds is 6. The van der Waals surface area contributed by atoms with Crippen molar-refractivity contribution in [2.45, 2.75) is 45.3 Å². The van der Waals surface area contributed by atoms with Crippen LogP contribution in [0.25, 0.3) is 10.6 Å². The van der Waals surface area contributed by atoms with Crippen LogP contribution >= 0.6 is 11.3 Å². The van der Waals surface area contributed by atoms with Gasteiger partial charge in [-0.2, -0.15) is 0 Å². The van der Waals surface area contributed by atoms with Gasteiger partial charge < -0.3 is 15.2 Å². The minimum atomic E-state index is -0.851. The van der Waals surface area contributed by atoms with Gasteiger partial charge in [0.05, 0.1) is 12.0 Å². The zero-order valence-corrected chi connectivity index (χ0v) is 15.6. The number of thiazole rings is 1. The maximum Gasteiger partial charge on any atom is 0.308 e. The highest BCUT2D eigenvalue weighted by atomic mass is 32.1. The monoisotopic (exact) mass is 374 g/mol. The van der Waals surface area contributed by atoms with E-state index < -0.39 is 11.9 Å². The summed E-state index contributed by atoms with van der Waals surface area (Å²) >= 11 is 1.39. The van der Waals surface area contributed by atoms with Crippen LogP contribution in [-0.4, -0.2) is 34.1 Å². The first-order valence-electron chi connectivity index (χ1n) is 8.70. The first-order chi connectivity index (χ1) is 12.4. The van der Waals surface area contributed by atoms with Crippen molar-refractivity contribution in [3.8, 4) is 16.3 Å². The highest BCUT2D eigenvalue weighted by molar-refractivity contribution is 7.13. The lowest BCUT2D eigenvalue weighted by molar-refractivity contribution is -0.142. The van der Waals surface area contributed by atoms with Crippen molar-refractivity contribution in [2.75, 3.05) is 0 Å². The maximum atomic E-state index is 12.4. The number of carboxylic acid groups (broad SMARTS) is 1. The van der Waals surface area contributed by atoms with Crippen molar-refractivity contribution >= 4 is 23.2 Å². The van der Waals surface area contributed by atoms with Crippen LogP contribution in [0.5, 0.6) is 5.75 Å². The number of aromatic nitrogens is 1. The van der Waals surface area contributed by atoms with Crippen molar-refractivity contribution in [1.82, 2.24) is 10.3 Å². The Balaban J connectivity index is 1.67. The molecule has 0 aliphatic heterocycles. The van der Waals surface area contributed by atoms with E-state index >= 15 is 0 Å². The predicted molar refractivity (Wildman–Crippen MR) is 99.5 cm³/mol. The molecule has 1 heterocycles. The number of nitrogens with zero attached hydrogens (tertiary/aromatic N) is 1. The number of hydrogen-bond acceptors (Lipinski definition) is 5. The number of aliphatic carboxylic acids is 1. The first-order valence-corrected chi connectivity index (χ1v) is 9.58. The van der Waals surface area contributed by atoms with Gasteiger partial charge in [0.1, 0.15) is 16.5 Å². The fourth-order valence-electron chi connectivity index (χ4n) is 3.13. The number of carbonyl (C=O) groups is 2. The largest absolute Gasteiger partial charge is 0.491 e. The molecule has 1 saturated carbocycles. The summed E-state index contributed by atoms with van der Waals surface area (Å²) < 4.78 is 5.62. The molecule has 2 N–H and O–H groups in total. The molecule has 2 atom stereocenters. The molecule has 1 aliphatic carbocycles. The van der Waals surface area contributed by atoms with Gasteiger partial charge in [0.25, 0.3) is 5.91 Å². The molecule has 3 rings (SSSR count). The Morgan fingerprint density at radius 3 is 2.65 bits per heavy atom. The molecule has 0 radical (unpaired) electrons. The molecule has 0 spiro atoms. The molecule has 0 bridgehead atoms. The minimum Gasteiger partial charge on any atom is -0.491 e. The van der Waals surface area contributed by atoms with E-state index in [1.165, 1.54) is 11.3 Å². The van der Waals surface area contributed by atoms with Crippen LogP contribution in [0.3, 0.4) is 0 Å². The number of nitrogens with one attached hydrogen (secondary N) is 1. The normalized spacial score (nSPS) is 19.5. The minimum absolute atomic E-state index is 0.112. The molecule has 1 fully saturated rings. The van der Waals surface area contributed by atoms with E-state index in [0.717, 1.165) is 22.7 Å². The lowest BCUT2D eigenvalue weighted by atomic mass is 10.0. The van der Waals surface area contributed by atoms with Gasteiger partial charge in [-0.1, -0.05) is 6.42 Å². The average Bonchev–Trinajstić information content (AvgIpc) is 3.24. The summed E-state index contributed by atoms with van der Waals surface area (Å²) in [5.41, 5.74) is 1.23. The van der Waals surface area contributed by atoms with Crippen molar-refractivity contribution in [2.24, 2.45) is 5.92 Å². The molecular weight excluding hydrogens is 352 g/mol. The fourth-order valence-corrected chi connectivity index (χ4v) is 3.94. The van der Waals surface area contributed by atoms with Gasteiger partial charge in [-0.3, -0.25) is 9.59 Å². The molecule has 2 aromatic rings. The van der Waals surface area contributed by atoms with Gasteiger partial charge in [-0.25, -0.2) is 4.98 Å². The van der Waals surface area contributed by atoms with E-state index in [9.17, 15) is 14.7 Å². The summed E-state index contributed by atoms with van der Waals surface area (Å²) in [6, 6.07) is 7.27. The van der Waals surface area contributed by atoms with E-state index in [1.807, 2.05) is 38.1 Å². The highest BCUT2D eigenvalue weighted by Crippen LogP contribution is 2.28. The Kier molecular flexibility index (Phi) is 5.56. The van der Waals surface area contributed by atoms with Crippen LogP contribution in [0.15, 0.2) is 29.6 Å². The van der Waals surface area contributed by atoms with Crippen LogP contribution < -0.4 is 10.1 Å². The van der Waals surface area contributed by atoms with Crippen molar-refractivity contribution < 1.29 is 19.4 Å². The lowest BCUT2D eigenvalue weighted by Crippen LogP contribution is -2.40. The SMILES string of the molecule is CC(C)Oc1ccc(-c2nc(C(=O)N[C@@H]3CCC[C@@H]3C(=O)O)cs2)cc1. The number of carboxylic acids is 1. The highest BCUT2D eigenvalue weighted by Gasteiger charge is 2.34. The zero-order chi connectivity index (χ0) is 18.7. The molecular formula is C19H22N2O4S. The number of carbonyl (C=O) groups excluding carboxylic acids is 1. The summed E-state index contributed by atoms with van der Waals surface area (Å²) in [6.07, 6.45) is 2.22. The van der Waals surface area contributed by atoms with Crippen LogP contribution in [0.2, 0.25) is 0 Å². The molecule has 1 aliphatic rings. The van der Waals surface area contributed by atoms with E-state index in [4.69, 9.17) is 4.74 Å². The molecule has 6 nitrogen and oxygen atoms in total. The van der Waals surface area contributed by atoms with Crippen molar-refractivity contribution in [3.63, 3.8) is 0 Å². The smallest absolute Gasteiger partial charge is 0.308 e. The van der Waals surface area contributed by atoms with Crippen molar-refractivity contribution in [1.29, 1.82) is 0 Å². The van der Waals surface area contributed by atoms with Gasteiger partial charge >= 0.3 is 5.97 Å². The third-order valence-corrected chi connectivity index (χ3v) is 5.25. The van der Waals surface area contributed by atoms with Gasteiger partial charge in [-0.15, -0.1) is 11.3 Å². The second-order valence-corrected chi connectivity index (χ2v) is 7.54. The Bertz CT molecular complexity index is 785. The first kappa shape index (κ1) is 18.4. The average molecular weight is 374 g/mol. The Morgan fingerprint density at radius 1 is 1.27 bits per heavy atom. The molecule has 26 heavy (non-hydrogen) atoms. The maximum absolute atomic E-state index is 12.4. The molecule has 1 aromatic carbocycles. The van der Waals surface area contributed by atoms with Gasteiger partial charge in [0.2, 0.25) is 0 Å². The Morgan fingerprint density at radius 2 is 2.00 bits per heavy atom. The summed E-state index contributed by atoms with van der Waals surface area (Å²) in [5.74, 6) is -0.884. The third kappa shape index (κ3) is 4.22. The van der Waals surface area contributed by atoms with Crippen LogP contribution in [-0.2, 0) is 4.79 Å². The molecule has 1 amide bonds. The van der Waals surface area contributed by atoms with Gasteiger partial charge in [0, 0.05) is 17.0 Å². The second-order valence-electron chi connectivity index (χ2n) is 6.68. The summed E-state index contributed by atoms with van der Waals surface area (Å²) in [4.78, 5) is 28.0. The van der Waals surface area contributed by atoms with E-state index in [-0.39, 0.29) is 18.1 Å². The van der Waals surface area contributed by atoms with Crippen LogP contribution in [0.4, 0.5) is 0 Å². The summed E-state index contributed by atoms with van der Waals surface area (Å²) in [5, 5.41) is 14.5. The predicted octanol–water partition coefficient (Wildman–Crippen LogP) is 3.58. The third-order valence-electron chi connectivity index (χ3n) is 4.36. The van der Waals surface area contributed by atoms with Gasteiger partial charge in [0.15, 0.2) is 0 Å². The zero-order valence-electron chi connectivity index (χ0n) is 14.8. The molecule has 138 valence electrons. The summed E-state index contributed by atoms with van der Waals surface area (Å²) in [7, 11) is 0. The van der Waals surface area contributed by atoms with Crippen LogP contribution in [0, 0.1) is 5.92 Å². The molecule has 0 saturated heterocycles. The topological polar surface area (TPSA) is 88.5 Å². The second kappa shape index (κ2) is 7.86. The van der Waals surface area contributed by atoms with Crippen molar-refractivity contribution in [3.05, 3.63) is 35.3 Å². The lowest BCUT2D eigenvalue weighted by Gasteiger charge is -2.16. The fraction of sp³-hybridized carbons (Fsp3) is 0.421. The quantitative estimate of drug-likeness (QED) is 0.807. The Labute approximate surface area is 156 Å². The number of amides is 1. The van der Waals surface area contributed by atoms with E-state index in [2.05, 4.69) is 10.3 Å². The van der Waals surface area contributed by atoms with Crippen LogP contribution in [0.1, 0.15) is 43.6 Å². The Hall–Kier alpha value is -2.41. The number of benzene rings is 1.